The Kier molecular flexibility index (Phi) is 7.94. The number of ether oxygens (including phenoxy) is 1. The lowest BCUT2D eigenvalue weighted by molar-refractivity contribution is -0.126. The van der Waals surface area contributed by atoms with Gasteiger partial charge in [0.2, 0.25) is 15.9 Å². The molecule has 0 aromatic rings. The lowest BCUT2D eigenvalue weighted by atomic mass is 9.85. The maximum atomic E-state index is 12.9. The summed E-state index contributed by atoms with van der Waals surface area (Å²) in [5, 5.41) is 11.6. The van der Waals surface area contributed by atoms with E-state index >= 15 is 0 Å². The Labute approximate surface area is 175 Å². The van der Waals surface area contributed by atoms with E-state index in [-0.39, 0.29) is 35.9 Å². The van der Waals surface area contributed by atoms with E-state index in [4.69, 9.17) is 10.00 Å². The normalized spacial score (nSPS) is 36.1. The number of hydrogen-bond acceptors (Lipinski definition) is 5. The summed E-state index contributed by atoms with van der Waals surface area (Å²) in [6.45, 7) is 0. The number of nitrogens with one attached hydrogen (secondary N) is 2. The van der Waals surface area contributed by atoms with Crippen LogP contribution in [0.5, 0.6) is 0 Å². The van der Waals surface area contributed by atoms with Crippen LogP contribution in [0.1, 0.15) is 77.0 Å². The number of nitrogens with zero attached hydrogens (tertiary/aromatic N) is 1. The van der Waals surface area contributed by atoms with Gasteiger partial charge in [0.25, 0.3) is 0 Å². The predicted molar refractivity (Wildman–Crippen MR) is 110 cm³/mol. The first kappa shape index (κ1) is 22.5. The van der Waals surface area contributed by atoms with Crippen LogP contribution in [-0.4, -0.2) is 44.9 Å². The monoisotopic (exact) mass is 425 g/mol. The van der Waals surface area contributed by atoms with Crippen molar-refractivity contribution >= 4 is 15.9 Å². The van der Waals surface area contributed by atoms with Crippen LogP contribution in [0.4, 0.5) is 0 Å². The minimum absolute atomic E-state index is 0.00842. The van der Waals surface area contributed by atoms with E-state index in [0.717, 1.165) is 64.2 Å². The van der Waals surface area contributed by atoms with Gasteiger partial charge in [0, 0.05) is 31.0 Å². The fourth-order valence-corrected chi connectivity index (χ4v) is 6.95. The molecule has 0 aliphatic heterocycles. The van der Waals surface area contributed by atoms with Crippen LogP contribution in [0.15, 0.2) is 0 Å². The van der Waals surface area contributed by atoms with Crippen molar-refractivity contribution in [3.05, 3.63) is 0 Å². The highest BCUT2D eigenvalue weighted by Crippen LogP contribution is 2.31. The van der Waals surface area contributed by atoms with Crippen molar-refractivity contribution in [2.45, 2.75) is 100 Å². The Morgan fingerprint density at radius 2 is 1.62 bits per heavy atom. The Morgan fingerprint density at radius 3 is 2.24 bits per heavy atom. The van der Waals surface area contributed by atoms with Crippen LogP contribution < -0.4 is 10.0 Å². The highest BCUT2D eigenvalue weighted by molar-refractivity contribution is 7.90. The number of hydrogen-bond donors (Lipinski definition) is 2. The molecule has 0 aromatic heterocycles. The number of methoxy groups -OCH3 is 1. The molecule has 3 saturated carbocycles. The first-order valence-electron chi connectivity index (χ1n) is 11.1. The van der Waals surface area contributed by atoms with Crippen LogP contribution in [0.25, 0.3) is 0 Å². The molecule has 0 saturated heterocycles. The lowest BCUT2D eigenvalue weighted by Crippen LogP contribution is -2.47. The topological polar surface area (TPSA) is 108 Å². The van der Waals surface area contributed by atoms with Crippen molar-refractivity contribution in [1.29, 1.82) is 5.26 Å². The predicted octanol–water partition coefficient (Wildman–Crippen LogP) is 2.62. The van der Waals surface area contributed by atoms with E-state index in [1.54, 1.807) is 7.11 Å². The molecular formula is C21H35N3O4S. The minimum Gasteiger partial charge on any atom is -0.381 e. The molecule has 2 unspecified atom stereocenters. The number of amides is 1. The summed E-state index contributed by atoms with van der Waals surface area (Å²) in [5.74, 6) is -0.133. The zero-order valence-corrected chi connectivity index (χ0v) is 18.3. The summed E-state index contributed by atoms with van der Waals surface area (Å²) in [7, 11) is -1.72. The molecule has 0 spiro atoms. The first-order valence-corrected chi connectivity index (χ1v) is 12.7. The molecule has 0 heterocycles. The molecule has 0 radical (unpaired) electrons. The summed E-state index contributed by atoms with van der Waals surface area (Å²) in [4.78, 5) is 12.7. The standard InChI is InChI=1S/C21H35N3O4S/c1-28-19-11-9-18(10-12-19)24-29(26,27)20-4-2-3-16(13-20)21(25)23-17-7-5-15(14-22)6-8-17/h15-20,24H,2-13H2,1H3,(H,23,25). The van der Waals surface area contributed by atoms with Gasteiger partial charge in [-0.15, -0.1) is 0 Å². The molecular weight excluding hydrogens is 390 g/mol. The molecule has 0 bridgehead atoms. The highest BCUT2D eigenvalue weighted by Gasteiger charge is 2.37. The average Bonchev–Trinajstić information content (AvgIpc) is 2.74. The van der Waals surface area contributed by atoms with Crippen LogP contribution in [0.2, 0.25) is 0 Å². The Balaban J connectivity index is 1.49. The number of rotatable bonds is 6. The summed E-state index contributed by atoms with van der Waals surface area (Å²) < 4.78 is 34.1. The molecule has 0 aromatic carbocycles. The molecule has 8 heteroatoms. The second kappa shape index (κ2) is 10.2. The van der Waals surface area contributed by atoms with Crippen molar-refractivity contribution in [2.75, 3.05) is 7.11 Å². The maximum Gasteiger partial charge on any atom is 0.223 e. The van der Waals surface area contributed by atoms with Gasteiger partial charge in [-0.3, -0.25) is 4.79 Å². The quantitative estimate of drug-likeness (QED) is 0.680. The number of carbonyl (C=O) groups is 1. The van der Waals surface area contributed by atoms with Crippen molar-refractivity contribution in [2.24, 2.45) is 11.8 Å². The van der Waals surface area contributed by atoms with Gasteiger partial charge in [0.15, 0.2) is 0 Å². The molecule has 2 atom stereocenters. The molecule has 1 amide bonds. The number of nitriles is 1. The largest absolute Gasteiger partial charge is 0.381 e. The van der Waals surface area contributed by atoms with E-state index in [1.807, 2.05) is 0 Å². The third kappa shape index (κ3) is 6.16. The summed E-state index contributed by atoms with van der Waals surface area (Å²) >= 11 is 0. The van der Waals surface area contributed by atoms with Gasteiger partial charge in [-0.05, 0) is 70.6 Å². The fraction of sp³-hybridized carbons (Fsp3) is 0.905. The van der Waals surface area contributed by atoms with Gasteiger partial charge in [-0.2, -0.15) is 5.26 Å². The van der Waals surface area contributed by atoms with E-state index in [9.17, 15) is 13.2 Å². The molecule has 7 nitrogen and oxygen atoms in total. The average molecular weight is 426 g/mol. The van der Waals surface area contributed by atoms with Crippen LogP contribution in [0, 0.1) is 23.2 Å². The summed E-state index contributed by atoms with van der Waals surface area (Å²) in [5.41, 5.74) is 0. The van der Waals surface area contributed by atoms with E-state index in [0.29, 0.717) is 12.8 Å². The zero-order valence-electron chi connectivity index (χ0n) is 17.4. The van der Waals surface area contributed by atoms with E-state index in [2.05, 4.69) is 16.1 Å². The van der Waals surface area contributed by atoms with Gasteiger partial charge in [0.1, 0.15) is 0 Å². The third-order valence-corrected chi connectivity index (χ3v) is 9.00. The van der Waals surface area contributed by atoms with Gasteiger partial charge < -0.3 is 10.1 Å². The SMILES string of the molecule is COC1CCC(NS(=O)(=O)C2CCCC(C(=O)NC3CCC(C#N)CC3)C2)CC1. The molecule has 3 fully saturated rings. The Morgan fingerprint density at radius 1 is 0.966 bits per heavy atom. The van der Waals surface area contributed by atoms with Crippen molar-refractivity contribution in [3.63, 3.8) is 0 Å². The van der Waals surface area contributed by atoms with Crippen molar-refractivity contribution in [3.8, 4) is 6.07 Å². The van der Waals surface area contributed by atoms with Gasteiger partial charge >= 0.3 is 0 Å². The van der Waals surface area contributed by atoms with Gasteiger partial charge in [-0.1, -0.05) is 6.42 Å². The smallest absolute Gasteiger partial charge is 0.223 e. The first-order chi connectivity index (χ1) is 13.9. The van der Waals surface area contributed by atoms with Crippen molar-refractivity contribution in [1.82, 2.24) is 10.0 Å². The van der Waals surface area contributed by atoms with Crippen molar-refractivity contribution < 1.29 is 17.9 Å². The van der Waals surface area contributed by atoms with E-state index < -0.39 is 15.3 Å². The second-order valence-corrected chi connectivity index (χ2v) is 11.0. The lowest BCUT2D eigenvalue weighted by Gasteiger charge is -2.33. The number of sulfonamides is 1. The fourth-order valence-electron chi connectivity index (χ4n) is 5.10. The van der Waals surface area contributed by atoms with Gasteiger partial charge in [-0.25, -0.2) is 13.1 Å². The van der Waals surface area contributed by atoms with Crippen LogP contribution >= 0.6 is 0 Å². The van der Waals surface area contributed by atoms with Crippen LogP contribution in [0.3, 0.4) is 0 Å². The molecule has 3 aliphatic carbocycles. The number of carbonyl (C=O) groups excluding carboxylic acids is 1. The van der Waals surface area contributed by atoms with Crippen LogP contribution in [-0.2, 0) is 19.6 Å². The molecule has 3 rings (SSSR count). The Bertz CT molecular complexity index is 689. The summed E-state index contributed by atoms with van der Waals surface area (Å²) in [6.07, 6.45) is 9.50. The van der Waals surface area contributed by atoms with Gasteiger partial charge in [0.05, 0.1) is 17.4 Å². The minimum atomic E-state index is -3.42. The highest BCUT2D eigenvalue weighted by atomic mass is 32.2. The molecule has 3 aliphatic rings. The Hall–Kier alpha value is -1.17. The molecule has 164 valence electrons. The molecule has 29 heavy (non-hydrogen) atoms. The molecule has 2 N–H and O–H groups in total. The summed E-state index contributed by atoms with van der Waals surface area (Å²) in [6, 6.07) is 2.41. The third-order valence-electron chi connectivity index (χ3n) is 7.03. The second-order valence-electron chi connectivity index (χ2n) is 9.04. The van der Waals surface area contributed by atoms with E-state index in [1.165, 1.54) is 0 Å². The maximum absolute atomic E-state index is 12.9. The zero-order chi connectivity index (χ0) is 20.9.